The van der Waals surface area contributed by atoms with Crippen LogP contribution < -0.4 is 0 Å². The van der Waals surface area contributed by atoms with Gasteiger partial charge in [-0.3, -0.25) is 4.98 Å². The van der Waals surface area contributed by atoms with E-state index < -0.39 is 10.0 Å². The topological polar surface area (TPSA) is 50.3 Å². The van der Waals surface area contributed by atoms with Gasteiger partial charge < -0.3 is 0 Å². The van der Waals surface area contributed by atoms with Crippen LogP contribution in [0.1, 0.15) is 11.8 Å². The third-order valence-corrected chi connectivity index (χ3v) is 5.76. The molecule has 2 aromatic heterocycles. The summed E-state index contributed by atoms with van der Waals surface area (Å²) in [6, 6.07) is 5.42. The maximum Gasteiger partial charge on any atom is 0.244 e. The molecule has 0 unspecified atom stereocenters. The molecule has 4 nitrogen and oxygen atoms in total. The molecule has 0 saturated carbocycles. The van der Waals surface area contributed by atoms with Gasteiger partial charge >= 0.3 is 0 Å². The average Bonchev–Trinajstić information content (AvgIpc) is 2.88. The van der Waals surface area contributed by atoms with Gasteiger partial charge in [0.05, 0.1) is 0 Å². The molecule has 102 valence electrons. The van der Waals surface area contributed by atoms with Crippen molar-refractivity contribution >= 4 is 37.3 Å². The highest BCUT2D eigenvalue weighted by Gasteiger charge is 2.24. The molecule has 0 aliphatic rings. The number of aromatic nitrogens is 1. The van der Waals surface area contributed by atoms with E-state index in [0.29, 0.717) is 17.6 Å². The van der Waals surface area contributed by atoms with Gasteiger partial charge in [-0.15, -0.1) is 11.3 Å². The SMILES string of the molecule is CCN(Cc1cccs1)S(=O)(=O)c1cncc(Br)c1. The van der Waals surface area contributed by atoms with Crippen LogP contribution in [0.2, 0.25) is 0 Å². The van der Waals surface area contributed by atoms with Crippen molar-refractivity contribution < 1.29 is 8.42 Å². The molecule has 0 radical (unpaired) electrons. The number of sulfonamides is 1. The lowest BCUT2D eigenvalue weighted by Crippen LogP contribution is -2.30. The van der Waals surface area contributed by atoms with Crippen molar-refractivity contribution in [3.05, 3.63) is 45.3 Å². The fraction of sp³-hybridized carbons (Fsp3) is 0.250. The molecule has 0 spiro atoms. The number of nitrogens with zero attached hydrogens (tertiary/aromatic N) is 2. The Hall–Kier alpha value is -0.760. The molecular formula is C12H13BrN2O2S2. The monoisotopic (exact) mass is 360 g/mol. The second kappa shape index (κ2) is 6.13. The van der Waals surface area contributed by atoms with Crippen molar-refractivity contribution in [2.75, 3.05) is 6.54 Å². The second-order valence-corrected chi connectivity index (χ2v) is 7.74. The maximum atomic E-state index is 12.5. The standard InChI is InChI=1S/C12H13BrN2O2S2/c1-2-15(9-11-4-3-5-18-11)19(16,17)12-6-10(13)7-14-8-12/h3-8H,2,9H2,1H3. The number of hydrogen-bond donors (Lipinski definition) is 0. The van der Waals surface area contributed by atoms with Crippen LogP contribution in [-0.4, -0.2) is 24.3 Å². The quantitative estimate of drug-likeness (QED) is 0.822. The van der Waals surface area contributed by atoms with Gasteiger partial charge in [0.1, 0.15) is 4.90 Å². The zero-order valence-electron chi connectivity index (χ0n) is 10.3. The molecule has 0 amide bonds. The minimum atomic E-state index is -3.50. The Morgan fingerprint density at radius 3 is 2.79 bits per heavy atom. The molecule has 19 heavy (non-hydrogen) atoms. The van der Waals surface area contributed by atoms with Crippen molar-refractivity contribution in [3.8, 4) is 0 Å². The summed E-state index contributed by atoms with van der Waals surface area (Å²) in [6.45, 7) is 2.65. The van der Waals surface area contributed by atoms with E-state index >= 15 is 0 Å². The van der Waals surface area contributed by atoms with Crippen molar-refractivity contribution in [1.82, 2.24) is 9.29 Å². The number of hydrogen-bond acceptors (Lipinski definition) is 4. The van der Waals surface area contributed by atoms with Crippen molar-refractivity contribution in [1.29, 1.82) is 0 Å². The number of halogens is 1. The molecule has 2 aromatic rings. The Balaban J connectivity index is 2.31. The second-order valence-electron chi connectivity index (χ2n) is 3.85. The van der Waals surface area contributed by atoms with Gasteiger partial charge in [0.15, 0.2) is 0 Å². The minimum absolute atomic E-state index is 0.209. The van der Waals surface area contributed by atoms with Crippen LogP contribution in [0.5, 0.6) is 0 Å². The van der Waals surface area contributed by atoms with Crippen LogP contribution in [0.4, 0.5) is 0 Å². The van der Waals surface area contributed by atoms with E-state index in [9.17, 15) is 8.42 Å². The Bertz CT molecular complexity index is 642. The molecule has 0 atom stereocenters. The molecule has 0 aromatic carbocycles. The van der Waals surface area contributed by atoms with Crippen LogP contribution in [-0.2, 0) is 16.6 Å². The Kier molecular flexibility index (Phi) is 4.72. The first-order valence-electron chi connectivity index (χ1n) is 5.67. The first-order chi connectivity index (χ1) is 9.04. The maximum absolute atomic E-state index is 12.5. The highest BCUT2D eigenvalue weighted by Crippen LogP contribution is 2.21. The van der Waals surface area contributed by atoms with Crippen molar-refractivity contribution in [3.63, 3.8) is 0 Å². The molecular weight excluding hydrogens is 348 g/mol. The Morgan fingerprint density at radius 2 is 2.21 bits per heavy atom. The average molecular weight is 361 g/mol. The Labute approximate surface area is 125 Å². The molecule has 2 rings (SSSR count). The van der Waals surface area contributed by atoms with Gasteiger partial charge in [-0.2, -0.15) is 4.31 Å². The lowest BCUT2D eigenvalue weighted by Gasteiger charge is -2.19. The van der Waals surface area contributed by atoms with E-state index in [2.05, 4.69) is 20.9 Å². The molecule has 0 N–H and O–H groups in total. The van der Waals surface area contributed by atoms with Crippen LogP contribution in [0.25, 0.3) is 0 Å². The predicted molar refractivity (Wildman–Crippen MR) is 79.5 cm³/mol. The van der Waals surface area contributed by atoms with E-state index in [1.54, 1.807) is 23.6 Å². The third kappa shape index (κ3) is 3.42. The molecule has 0 bridgehead atoms. The Morgan fingerprint density at radius 1 is 1.42 bits per heavy atom. The smallest absolute Gasteiger partial charge is 0.244 e. The van der Waals surface area contributed by atoms with E-state index in [1.807, 2.05) is 24.4 Å². The predicted octanol–water partition coefficient (Wildman–Crippen LogP) is 3.12. The van der Waals surface area contributed by atoms with E-state index in [0.717, 1.165) is 4.88 Å². The van der Waals surface area contributed by atoms with Gasteiger partial charge in [0.25, 0.3) is 0 Å². The summed E-state index contributed by atoms with van der Waals surface area (Å²) in [7, 11) is -3.50. The fourth-order valence-corrected chi connectivity index (χ4v) is 4.36. The van der Waals surface area contributed by atoms with Gasteiger partial charge in [-0.25, -0.2) is 8.42 Å². The van der Waals surface area contributed by atoms with Crippen LogP contribution >= 0.6 is 27.3 Å². The molecule has 0 aliphatic carbocycles. The molecule has 0 fully saturated rings. The fourth-order valence-electron chi connectivity index (χ4n) is 1.63. The largest absolute Gasteiger partial charge is 0.262 e. The molecule has 2 heterocycles. The summed E-state index contributed by atoms with van der Waals surface area (Å²) in [5.74, 6) is 0. The molecule has 0 saturated heterocycles. The summed E-state index contributed by atoms with van der Waals surface area (Å²) in [5.41, 5.74) is 0. The first kappa shape index (κ1) is 14.6. The summed E-state index contributed by atoms with van der Waals surface area (Å²) in [6.07, 6.45) is 2.94. The van der Waals surface area contributed by atoms with Gasteiger partial charge in [-0.05, 0) is 33.4 Å². The number of rotatable bonds is 5. The summed E-state index contributed by atoms with van der Waals surface area (Å²) in [5, 5.41) is 1.94. The third-order valence-electron chi connectivity index (χ3n) is 2.58. The minimum Gasteiger partial charge on any atom is -0.262 e. The first-order valence-corrected chi connectivity index (χ1v) is 8.78. The molecule has 7 heteroatoms. The number of pyridine rings is 1. The summed E-state index contributed by atoms with van der Waals surface area (Å²) in [4.78, 5) is 5.14. The van der Waals surface area contributed by atoms with Crippen LogP contribution in [0, 0.1) is 0 Å². The highest BCUT2D eigenvalue weighted by molar-refractivity contribution is 9.10. The lowest BCUT2D eigenvalue weighted by molar-refractivity contribution is 0.426. The van der Waals surface area contributed by atoms with E-state index in [1.165, 1.54) is 10.5 Å². The zero-order valence-corrected chi connectivity index (χ0v) is 13.5. The van der Waals surface area contributed by atoms with Gasteiger partial charge in [-0.1, -0.05) is 13.0 Å². The van der Waals surface area contributed by atoms with Crippen molar-refractivity contribution in [2.45, 2.75) is 18.4 Å². The van der Waals surface area contributed by atoms with E-state index in [-0.39, 0.29) is 4.90 Å². The zero-order chi connectivity index (χ0) is 13.9. The highest BCUT2D eigenvalue weighted by atomic mass is 79.9. The van der Waals surface area contributed by atoms with Gasteiger partial charge in [0.2, 0.25) is 10.0 Å². The van der Waals surface area contributed by atoms with Crippen LogP contribution in [0.3, 0.4) is 0 Å². The summed E-state index contributed by atoms with van der Waals surface area (Å²) >= 11 is 4.79. The number of thiophene rings is 1. The summed E-state index contributed by atoms with van der Waals surface area (Å²) < 4.78 is 27.1. The normalized spacial score (nSPS) is 11.9. The van der Waals surface area contributed by atoms with Crippen LogP contribution in [0.15, 0.2) is 45.3 Å². The molecule has 0 aliphatic heterocycles. The van der Waals surface area contributed by atoms with E-state index in [4.69, 9.17) is 0 Å². The lowest BCUT2D eigenvalue weighted by atomic mass is 10.4. The van der Waals surface area contributed by atoms with Crippen molar-refractivity contribution in [2.24, 2.45) is 0 Å². The van der Waals surface area contributed by atoms with Gasteiger partial charge in [0, 0.05) is 34.8 Å².